The summed E-state index contributed by atoms with van der Waals surface area (Å²) in [7, 11) is 1.75. The summed E-state index contributed by atoms with van der Waals surface area (Å²) in [5, 5.41) is 2.79. The van der Waals surface area contributed by atoms with Crippen molar-refractivity contribution < 1.29 is 9.18 Å². The fourth-order valence-corrected chi connectivity index (χ4v) is 2.21. The Balaban J connectivity index is 1.97. The number of benzene rings is 1. The van der Waals surface area contributed by atoms with Gasteiger partial charge >= 0.3 is 6.03 Å². The van der Waals surface area contributed by atoms with E-state index in [0.29, 0.717) is 30.3 Å². The molecule has 2 amide bonds. The second-order valence-electron chi connectivity index (χ2n) is 5.69. The highest BCUT2D eigenvalue weighted by Gasteiger charge is 2.10. The zero-order chi connectivity index (χ0) is 16.1. The molecule has 0 bridgehead atoms. The number of nitrogens with one attached hydrogen (secondary N) is 1. The van der Waals surface area contributed by atoms with Crippen molar-refractivity contribution >= 4 is 6.03 Å². The number of amides is 2. The van der Waals surface area contributed by atoms with Crippen molar-refractivity contribution in [3.63, 3.8) is 0 Å². The predicted octanol–water partition coefficient (Wildman–Crippen LogP) is 2.81. The Morgan fingerprint density at radius 3 is 2.82 bits per heavy atom. The Morgan fingerprint density at radius 1 is 1.45 bits per heavy atom. The second kappa shape index (κ2) is 7.06. The Bertz CT molecular complexity index is 625. The zero-order valence-corrected chi connectivity index (χ0v) is 13.1. The van der Waals surface area contributed by atoms with Gasteiger partial charge in [-0.15, -0.1) is 0 Å². The molecule has 0 fully saturated rings. The van der Waals surface area contributed by atoms with Crippen LogP contribution < -0.4 is 5.32 Å². The lowest BCUT2D eigenvalue weighted by Crippen LogP contribution is -2.38. The first kappa shape index (κ1) is 16.0. The summed E-state index contributed by atoms with van der Waals surface area (Å²) in [6, 6.07) is 4.74. The number of rotatable bonds is 5. The number of halogens is 1. The summed E-state index contributed by atoms with van der Waals surface area (Å²) in [6.45, 7) is 5.07. The van der Waals surface area contributed by atoms with E-state index < -0.39 is 0 Å². The van der Waals surface area contributed by atoms with E-state index in [4.69, 9.17) is 0 Å². The van der Waals surface area contributed by atoms with Crippen LogP contribution in [0.25, 0.3) is 5.69 Å². The van der Waals surface area contributed by atoms with Gasteiger partial charge in [-0.25, -0.2) is 14.2 Å². The molecule has 5 nitrogen and oxygen atoms in total. The topological polar surface area (TPSA) is 50.2 Å². The van der Waals surface area contributed by atoms with E-state index in [2.05, 4.69) is 10.3 Å². The van der Waals surface area contributed by atoms with Gasteiger partial charge in [0.1, 0.15) is 5.82 Å². The minimum absolute atomic E-state index is 0.159. The number of hydrogen-bond donors (Lipinski definition) is 1. The van der Waals surface area contributed by atoms with Crippen molar-refractivity contribution in [2.45, 2.75) is 20.4 Å². The summed E-state index contributed by atoms with van der Waals surface area (Å²) in [5.41, 5.74) is 1.15. The molecular weight excluding hydrogens is 283 g/mol. The monoisotopic (exact) mass is 304 g/mol. The molecule has 0 aliphatic heterocycles. The van der Waals surface area contributed by atoms with Gasteiger partial charge in [-0.3, -0.25) is 0 Å². The van der Waals surface area contributed by atoms with Crippen molar-refractivity contribution in [1.29, 1.82) is 0 Å². The lowest BCUT2D eigenvalue weighted by molar-refractivity contribution is 0.203. The quantitative estimate of drug-likeness (QED) is 0.923. The molecule has 0 saturated carbocycles. The molecule has 2 aromatic rings. The Labute approximate surface area is 129 Å². The number of hydrogen-bond acceptors (Lipinski definition) is 2. The molecule has 1 heterocycles. The smallest absolute Gasteiger partial charge is 0.317 e. The number of aromatic nitrogens is 2. The molecule has 2 rings (SSSR count). The van der Waals surface area contributed by atoms with Crippen LogP contribution in [0.2, 0.25) is 0 Å². The van der Waals surface area contributed by atoms with Gasteiger partial charge in [-0.05, 0) is 23.6 Å². The SMILES string of the molecule is CC(C)CN(C)C(=O)NCc1ccc(-n2ccnc2)c(F)c1. The Hall–Kier alpha value is -2.37. The summed E-state index contributed by atoms with van der Waals surface area (Å²) in [4.78, 5) is 17.4. The third-order valence-electron chi connectivity index (χ3n) is 3.22. The minimum atomic E-state index is -0.347. The highest BCUT2D eigenvalue weighted by molar-refractivity contribution is 5.73. The third kappa shape index (κ3) is 4.07. The Morgan fingerprint density at radius 2 is 2.23 bits per heavy atom. The molecule has 1 N–H and O–H groups in total. The van der Waals surface area contributed by atoms with Gasteiger partial charge in [-0.1, -0.05) is 19.9 Å². The van der Waals surface area contributed by atoms with Crippen LogP contribution in [0.5, 0.6) is 0 Å². The van der Waals surface area contributed by atoms with Gasteiger partial charge in [0.05, 0.1) is 12.0 Å². The minimum Gasteiger partial charge on any atom is -0.334 e. The standard InChI is InChI=1S/C16H21FN4O/c1-12(2)10-20(3)16(22)19-9-13-4-5-15(14(17)8-13)21-7-6-18-11-21/h4-8,11-12H,9-10H2,1-3H3,(H,19,22). The number of nitrogens with zero attached hydrogens (tertiary/aromatic N) is 3. The lowest BCUT2D eigenvalue weighted by atomic mass is 10.2. The van der Waals surface area contributed by atoms with Crippen molar-refractivity contribution in [2.75, 3.05) is 13.6 Å². The van der Waals surface area contributed by atoms with E-state index in [-0.39, 0.29) is 11.8 Å². The third-order valence-corrected chi connectivity index (χ3v) is 3.22. The number of carbonyl (C=O) groups is 1. The summed E-state index contributed by atoms with van der Waals surface area (Å²) >= 11 is 0. The normalized spacial score (nSPS) is 10.8. The molecule has 0 radical (unpaired) electrons. The maximum Gasteiger partial charge on any atom is 0.317 e. The van der Waals surface area contributed by atoms with Gasteiger partial charge in [0, 0.05) is 32.5 Å². The van der Waals surface area contributed by atoms with Gasteiger partial charge in [-0.2, -0.15) is 0 Å². The highest BCUT2D eigenvalue weighted by atomic mass is 19.1. The Kier molecular flexibility index (Phi) is 5.14. The second-order valence-corrected chi connectivity index (χ2v) is 5.69. The van der Waals surface area contributed by atoms with E-state index in [0.717, 1.165) is 0 Å². The largest absolute Gasteiger partial charge is 0.334 e. The van der Waals surface area contributed by atoms with Crippen LogP contribution in [0.4, 0.5) is 9.18 Å². The number of imidazole rings is 1. The average molecular weight is 304 g/mol. The highest BCUT2D eigenvalue weighted by Crippen LogP contribution is 2.15. The van der Waals surface area contributed by atoms with Gasteiger partial charge in [0.25, 0.3) is 0 Å². The van der Waals surface area contributed by atoms with Crippen LogP contribution in [-0.2, 0) is 6.54 Å². The molecule has 1 aromatic heterocycles. The van der Waals surface area contributed by atoms with Gasteiger partial charge in [0.15, 0.2) is 0 Å². The molecule has 0 atom stereocenters. The number of urea groups is 1. The first-order chi connectivity index (χ1) is 10.5. The molecule has 0 aliphatic carbocycles. The first-order valence-corrected chi connectivity index (χ1v) is 7.23. The molecule has 6 heteroatoms. The lowest BCUT2D eigenvalue weighted by Gasteiger charge is -2.20. The fourth-order valence-electron chi connectivity index (χ4n) is 2.21. The van der Waals surface area contributed by atoms with Gasteiger partial charge in [0.2, 0.25) is 0 Å². The van der Waals surface area contributed by atoms with Crippen LogP contribution >= 0.6 is 0 Å². The van der Waals surface area contributed by atoms with Crippen LogP contribution in [-0.4, -0.2) is 34.1 Å². The molecule has 0 unspecified atom stereocenters. The van der Waals surface area contributed by atoms with Gasteiger partial charge < -0.3 is 14.8 Å². The van der Waals surface area contributed by atoms with Crippen LogP contribution in [0.3, 0.4) is 0 Å². The molecular formula is C16H21FN4O. The van der Waals surface area contributed by atoms with E-state index in [9.17, 15) is 9.18 Å². The summed E-state index contributed by atoms with van der Waals surface area (Å²) in [6.07, 6.45) is 4.82. The fraction of sp³-hybridized carbons (Fsp3) is 0.375. The molecule has 0 spiro atoms. The van der Waals surface area contributed by atoms with E-state index >= 15 is 0 Å². The number of carbonyl (C=O) groups excluding carboxylic acids is 1. The molecule has 0 saturated heterocycles. The maximum absolute atomic E-state index is 14.1. The van der Waals surface area contributed by atoms with E-state index in [1.54, 1.807) is 47.4 Å². The molecule has 0 aliphatic rings. The molecule has 22 heavy (non-hydrogen) atoms. The van der Waals surface area contributed by atoms with Crippen LogP contribution in [0.15, 0.2) is 36.9 Å². The first-order valence-electron chi connectivity index (χ1n) is 7.23. The van der Waals surface area contributed by atoms with Crippen molar-refractivity contribution in [1.82, 2.24) is 19.8 Å². The van der Waals surface area contributed by atoms with E-state index in [1.807, 2.05) is 13.8 Å². The summed E-state index contributed by atoms with van der Waals surface area (Å²) in [5.74, 6) is 0.0583. The molecule has 118 valence electrons. The van der Waals surface area contributed by atoms with Crippen LogP contribution in [0.1, 0.15) is 19.4 Å². The predicted molar refractivity (Wildman–Crippen MR) is 83.2 cm³/mol. The van der Waals surface area contributed by atoms with Crippen molar-refractivity contribution in [3.05, 3.63) is 48.3 Å². The zero-order valence-electron chi connectivity index (χ0n) is 13.1. The van der Waals surface area contributed by atoms with Crippen molar-refractivity contribution in [3.8, 4) is 5.69 Å². The maximum atomic E-state index is 14.1. The van der Waals surface area contributed by atoms with E-state index in [1.165, 1.54) is 6.07 Å². The molecule has 1 aromatic carbocycles. The van der Waals surface area contributed by atoms with Crippen LogP contribution in [0, 0.1) is 11.7 Å². The average Bonchev–Trinajstić information content (AvgIpc) is 2.98. The van der Waals surface area contributed by atoms with Crippen molar-refractivity contribution in [2.24, 2.45) is 5.92 Å². The summed E-state index contributed by atoms with van der Waals surface area (Å²) < 4.78 is 15.7.